The zero-order valence-electron chi connectivity index (χ0n) is 9.09. The van der Waals surface area contributed by atoms with Crippen LogP contribution in [0.4, 0.5) is 5.82 Å². The van der Waals surface area contributed by atoms with Crippen LogP contribution in [0.3, 0.4) is 0 Å². The number of methoxy groups -OCH3 is 1. The molecule has 16 heavy (non-hydrogen) atoms. The lowest BCUT2D eigenvalue weighted by Crippen LogP contribution is -2.32. The van der Waals surface area contributed by atoms with E-state index in [4.69, 9.17) is 9.84 Å². The monoisotopic (exact) mass is 222 g/mol. The van der Waals surface area contributed by atoms with Crippen LogP contribution in [0.15, 0.2) is 18.3 Å². The van der Waals surface area contributed by atoms with Gasteiger partial charge in [0.1, 0.15) is 18.1 Å². The Hall–Kier alpha value is -1.78. The van der Waals surface area contributed by atoms with Gasteiger partial charge in [-0.05, 0) is 25.0 Å². The van der Waals surface area contributed by atoms with Crippen molar-refractivity contribution in [3.8, 4) is 5.75 Å². The summed E-state index contributed by atoms with van der Waals surface area (Å²) >= 11 is 0. The van der Waals surface area contributed by atoms with Crippen LogP contribution in [0.25, 0.3) is 0 Å². The molecule has 0 unspecified atom stereocenters. The standard InChI is InChI=1S/C11H14N2O3/c1-16-9-4-5-10(12-6-9)13(7-11(14)15)8-2-3-8/h4-6,8H,2-3,7H2,1H3,(H,14,15). The van der Waals surface area contributed by atoms with Gasteiger partial charge < -0.3 is 14.7 Å². The number of aromatic nitrogens is 1. The van der Waals surface area contributed by atoms with Crippen LogP contribution in [0, 0.1) is 0 Å². The molecule has 1 fully saturated rings. The lowest BCUT2D eigenvalue weighted by Gasteiger charge is -2.21. The summed E-state index contributed by atoms with van der Waals surface area (Å²) in [7, 11) is 1.58. The molecule has 1 aromatic rings. The Morgan fingerprint density at radius 3 is 2.81 bits per heavy atom. The minimum absolute atomic E-state index is 0.00396. The molecule has 0 atom stereocenters. The smallest absolute Gasteiger partial charge is 0.323 e. The topological polar surface area (TPSA) is 62.7 Å². The lowest BCUT2D eigenvalue weighted by atomic mass is 10.3. The van der Waals surface area contributed by atoms with E-state index in [2.05, 4.69) is 4.98 Å². The van der Waals surface area contributed by atoms with Crippen molar-refractivity contribution >= 4 is 11.8 Å². The number of carboxylic acids is 1. The molecule has 5 nitrogen and oxygen atoms in total. The van der Waals surface area contributed by atoms with Crippen molar-refractivity contribution in [1.82, 2.24) is 4.98 Å². The van der Waals surface area contributed by atoms with Gasteiger partial charge in [0.25, 0.3) is 0 Å². The first-order valence-electron chi connectivity index (χ1n) is 5.19. The summed E-state index contributed by atoms with van der Waals surface area (Å²) in [5.41, 5.74) is 0. The van der Waals surface area contributed by atoms with E-state index >= 15 is 0 Å². The summed E-state index contributed by atoms with van der Waals surface area (Å²) in [5, 5.41) is 8.83. The van der Waals surface area contributed by atoms with Crippen molar-refractivity contribution in [3.63, 3.8) is 0 Å². The summed E-state index contributed by atoms with van der Waals surface area (Å²) in [6.07, 6.45) is 3.69. The van der Waals surface area contributed by atoms with Crippen LogP contribution >= 0.6 is 0 Å². The molecule has 2 rings (SSSR count). The van der Waals surface area contributed by atoms with Gasteiger partial charge in [0, 0.05) is 6.04 Å². The average molecular weight is 222 g/mol. The molecule has 0 radical (unpaired) electrons. The molecule has 1 saturated carbocycles. The number of aliphatic carboxylic acids is 1. The molecule has 1 aliphatic carbocycles. The third-order valence-corrected chi connectivity index (χ3v) is 2.54. The summed E-state index contributed by atoms with van der Waals surface area (Å²) in [5.74, 6) is 0.546. The van der Waals surface area contributed by atoms with E-state index in [1.807, 2.05) is 4.90 Å². The molecule has 0 aliphatic heterocycles. The van der Waals surface area contributed by atoms with Gasteiger partial charge in [-0.2, -0.15) is 0 Å². The minimum atomic E-state index is -0.829. The number of anilines is 1. The van der Waals surface area contributed by atoms with Gasteiger partial charge >= 0.3 is 5.97 Å². The Labute approximate surface area is 93.7 Å². The van der Waals surface area contributed by atoms with Crippen molar-refractivity contribution < 1.29 is 14.6 Å². The van der Waals surface area contributed by atoms with Gasteiger partial charge in [0.2, 0.25) is 0 Å². The molecule has 1 N–H and O–H groups in total. The van der Waals surface area contributed by atoms with Crippen molar-refractivity contribution in [2.45, 2.75) is 18.9 Å². The van der Waals surface area contributed by atoms with E-state index in [0.29, 0.717) is 17.6 Å². The van der Waals surface area contributed by atoms with Gasteiger partial charge in [-0.15, -0.1) is 0 Å². The highest BCUT2D eigenvalue weighted by Gasteiger charge is 2.31. The maximum Gasteiger partial charge on any atom is 0.323 e. The molecular weight excluding hydrogens is 208 g/mol. The van der Waals surface area contributed by atoms with E-state index in [1.54, 1.807) is 25.4 Å². The van der Waals surface area contributed by atoms with Gasteiger partial charge in [0.05, 0.1) is 13.3 Å². The molecule has 0 saturated heterocycles. The fraction of sp³-hybridized carbons (Fsp3) is 0.455. The molecular formula is C11H14N2O3. The number of hydrogen-bond donors (Lipinski definition) is 1. The third-order valence-electron chi connectivity index (χ3n) is 2.54. The molecule has 0 amide bonds. The van der Waals surface area contributed by atoms with E-state index in [1.165, 1.54) is 0 Å². The summed E-state index contributed by atoms with van der Waals surface area (Å²) in [6, 6.07) is 3.91. The van der Waals surface area contributed by atoms with Gasteiger partial charge in [0.15, 0.2) is 0 Å². The summed E-state index contributed by atoms with van der Waals surface area (Å²) < 4.78 is 5.01. The fourth-order valence-electron chi connectivity index (χ4n) is 1.59. The van der Waals surface area contributed by atoms with Gasteiger partial charge in [-0.25, -0.2) is 4.98 Å². The highest BCUT2D eigenvalue weighted by Crippen LogP contribution is 2.30. The van der Waals surface area contributed by atoms with Crippen molar-refractivity contribution in [2.75, 3.05) is 18.6 Å². The Morgan fingerprint density at radius 2 is 2.38 bits per heavy atom. The molecule has 0 bridgehead atoms. The second kappa shape index (κ2) is 4.38. The van der Waals surface area contributed by atoms with E-state index in [-0.39, 0.29) is 6.54 Å². The van der Waals surface area contributed by atoms with Crippen molar-refractivity contribution in [1.29, 1.82) is 0 Å². The number of carbonyl (C=O) groups is 1. The Kier molecular flexibility index (Phi) is 2.94. The first-order chi connectivity index (χ1) is 7.70. The predicted octanol–water partition coefficient (Wildman–Crippen LogP) is 1.14. The number of carboxylic acid groups (broad SMARTS) is 1. The van der Waals surface area contributed by atoms with Crippen LogP contribution in [0.1, 0.15) is 12.8 Å². The number of rotatable bonds is 5. The Morgan fingerprint density at radius 1 is 1.62 bits per heavy atom. The van der Waals surface area contributed by atoms with Gasteiger partial charge in [-0.1, -0.05) is 0 Å². The number of hydrogen-bond acceptors (Lipinski definition) is 4. The Bertz CT molecular complexity index is 373. The molecule has 0 aromatic carbocycles. The second-order valence-electron chi connectivity index (χ2n) is 3.81. The predicted molar refractivity (Wildman–Crippen MR) is 58.8 cm³/mol. The molecule has 0 spiro atoms. The number of ether oxygens (including phenoxy) is 1. The number of nitrogens with zero attached hydrogens (tertiary/aromatic N) is 2. The Balaban J connectivity index is 2.14. The summed E-state index contributed by atoms with van der Waals surface area (Å²) in [6.45, 7) is 0.00396. The molecule has 1 heterocycles. The molecule has 1 aliphatic rings. The first kappa shape index (κ1) is 10.7. The van der Waals surface area contributed by atoms with E-state index < -0.39 is 5.97 Å². The lowest BCUT2D eigenvalue weighted by molar-refractivity contribution is -0.135. The largest absolute Gasteiger partial charge is 0.495 e. The quantitative estimate of drug-likeness (QED) is 0.809. The van der Waals surface area contributed by atoms with Crippen LogP contribution in [0.5, 0.6) is 5.75 Å². The third kappa shape index (κ3) is 2.42. The normalized spacial score (nSPS) is 14.6. The van der Waals surface area contributed by atoms with Crippen LogP contribution in [-0.2, 0) is 4.79 Å². The molecule has 86 valence electrons. The second-order valence-corrected chi connectivity index (χ2v) is 3.81. The van der Waals surface area contributed by atoms with E-state index in [0.717, 1.165) is 12.8 Å². The van der Waals surface area contributed by atoms with Crippen LogP contribution in [-0.4, -0.2) is 35.8 Å². The van der Waals surface area contributed by atoms with Crippen molar-refractivity contribution in [3.05, 3.63) is 18.3 Å². The minimum Gasteiger partial charge on any atom is -0.495 e. The maximum absolute atomic E-state index is 10.7. The van der Waals surface area contributed by atoms with Gasteiger partial charge in [-0.3, -0.25) is 4.79 Å². The van der Waals surface area contributed by atoms with Crippen molar-refractivity contribution in [2.24, 2.45) is 0 Å². The fourth-order valence-corrected chi connectivity index (χ4v) is 1.59. The maximum atomic E-state index is 10.7. The number of pyridine rings is 1. The first-order valence-corrected chi connectivity index (χ1v) is 5.19. The van der Waals surface area contributed by atoms with Crippen LogP contribution in [0.2, 0.25) is 0 Å². The SMILES string of the molecule is COc1ccc(N(CC(=O)O)C2CC2)nc1. The zero-order valence-corrected chi connectivity index (χ0v) is 9.09. The highest BCUT2D eigenvalue weighted by molar-refractivity contribution is 5.73. The highest BCUT2D eigenvalue weighted by atomic mass is 16.5. The molecule has 5 heteroatoms. The molecule has 1 aromatic heterocycles. The average Bonchev–Trinajstić information content (AvgIpc) is 3.10. The zero-order chi connectivity index (χ0) is 11.5. The van der Waals surface area contributed by atoms with E-state index in [9.17, 15) is 4.79 Å². The van der Waals surface area contributed by atoms with Crippen LogP contribution < -0.4 is 9.64 Å². The summed E-state index contributed by atoms with van der Waals surface area (Å²) in [4.78, 5) is 16.8.